The molecule has 2 heterocycles. The molecular weight excluding hydrogens is 417 g/mol. The first-order valence-electron chi connectivity index (χ1n) is 11.3. The van der Waals surface area contributed by atoms with Crippen LogP contribution in [0.15, 0.2) is 109 Å². The molecule has 0 bridgehead atoms. The summed E-state index contributed by atoms with van der Waals surface area (Å²) in [6.07, 6.45) is 0. The number of thiophene rings is 1. The van der Waals surface area contributed by atoms with Gasteiger partial charge in [0.05, 0.1) is 11.0 Å². The van der Waals surface area contributed by atoms with Crippen LogP contribution in [0.1, 0.15) is 0 Å². The molecule has 1 nitrogen and oxygen atoms in total. The van der Waals surface area contributed by atoms with Crippen molar-refractivity contribution < 1.29 is 0 Å². The number of hydrogen-bond acceptors (Lipinski definition) is 1. The molecule has 0 fully saturated rings. The van der Waals surface area contributed by atoms with Crippen LogP contribution in [-0.2, 0) is 0 Å². The Morgan fingerprint density at radius 2 is 1.33 bits per heavy atom. The van der Waals surface area contributed by atoms with E-state index in [2.05, 4.69) is 122 Å². The van der Waals surface area contributed by atoms with Crippen molar-refractivity contribution in [2.75, 3.05) is 0 Å². The minimum Gasteiger partial charge on any atom is -0.309 e. The first kappa shape index (κ1) is 18.7. The van der Waals surface area contributed by atoms with Crippen LogP contribution in [0.5, 0.6) is 0 Å². The standard InChI is InChI=1S/C30H20BNS/c31-25-16-15-21(30-29(25)23-11-5-7-13-28(23)33-30)19-14-17-27-24(18-19)22-10-4-6-12-26(22)32(27)20-8-2-1-3-9-20/h1-18H,31H2. The molecule has 0 aliphatic carbocycles. The smallest absolute Gasteiger partial charge is 0.140 e. The Morgan fingerprint density at radius 3 is 2.21 bits per heavy atom. The highest BCUT2D eigenvalue weighted by atomic mass is 32.1. The molecule has 33 heavy (non-hydrogen) atoms. The molecule has 0 spiro atoms. The molecule has 0 saturated heterocycles. The molecule has 0 radical (unpaired) electrons. The van der Waals surface area contributed by atoms with Crippen molar-refractivity contribution in [3.8, 4) is 16.8 Å². The largest absolute Gasteiger partial charge is 0.309 e. The summed E-state index contributed by atoms with van der Waals surface area (Å²) >= 11 is 1.90. The quantitative estimate of drug-likeness (QED) is 0.255. The van der Waals surface area contributed by atoms with E-state index in [-0.39, 0.29) is 0 Å². The molecule has 5 aromatic carbocycles. The zero-order valence-electron chi connectivity index (χ0n) is 18.2. The normalized spacial score (nSPS) is 11.8. The molecule has 2 aromatic heterocycles. The van der Waals surface area contributed by atoms with E-state index in [1.54, 1.807) is 0 Å². The minimum absolute atomic E-state index is 1.19. The van der Waals surface area contributed by atoms with E-state index in [1.165, 1.54) is 64.3 Å². The van der Waals surface area contributed by atoms with E-state index < -0.39 is 0 Å². The first-order chi connectivity index (χ1) is 16.3. The lowest BCUT2D eigenvalue weighted by Gasteiger charge is -2.09. The maximum Gasteiger partial charge on any atom is 0.140 e. The molecule has 0 aliphatic rings. The van der Waals surface area contributed by atoms with Gasteiger partial charge in [-0.25, -0.2) is 0 Å². The Kier molecular flexibility index (Phi) is 4.03. The van der Waals surface area contributed by atoms with Gasteiger partial charge < -0.3 is 4.57 Å². The summed E-state index contributed by atoms with van der Waals surface area (Å²) in [4.78, 5) is 0. The van der Waals surface area contributed by atoms with Crippen LogP contribution in [0.4, 0.5) is 0 Å². The zero-order valence-corrected chi connectivity index (χ0v) is 19.1. The highest BCUT2D eigenvalue weighted by molar-refractivity contribution is 7.26. The molecule has 3 heteroatoms. The van der Waals surface area contributed by atoms with Crippen molar-refractivity contribution in [2.24, 2.45) is 0 Å². The summed E-state index contributed by atoms with van der Waals surface area (Å²) in [5, 5.41) is 5.33. The average molecular weight is 437 g/mol. The Bertz CT molecular complexity index is 1830. The summed E-state index contributed by atoms with van der Waals surface area (Å²) in [5.74, 6) is 0. The van der Waals surface area contributed by atoms with Crippen LogP contribution in [-0.4, -0.2) is 12.4 Å². The number of hydrogen-bond donors (Lipinski definition) is 0. The van der Waals surface area contributed by atoms with Gasteiger partial charge in [0.2, 0.25) is 0 Å². The monoisotopic (exact) mass is 437 g/mol. The van der Waals surface area contributed by atoms with Crippen LogP contribution in [0.3, 0.4) is 0 Å². The highest BCUT2D eigenvalue weighted by Crippen LogP contribution is 2.41. The number of benzene rings is 5. The molecule has 0 atom stereocenters. The summed E-state index contributed by atoms with van der Waals surface area (Å²) in [7, 11) is 2.22. The number of rotatable bonds is 2. The fraction of sp³-hybridized carbons (Fsp3) is 0. The zero-order chi connectivity index (χ0) is 21.9. The molecule has 0 unspecified atom stereocenters. The van der Waals surface area contributed by atoms with Crippen molar-refractivity contribution in [2.45, 2.75) is 0 Å². The van der Waals surface area contributed by atoms with Crippen molar-refractivity contribution in [3.63, 3.8) is 0 Å². The highest BCUT2D eigenvalue weighted by Gasteiger charge is 2.16. The van der Waals surface area contributed by atoms with Gasteiger partial charge in [-0.2, -0.15) is 0 Å². The molecule has 0 aliphatic heterocycles. The van der Waals surface area contributed by atoms with Crippen molar-refractivity contribution in [1.29, 1.82) is 0 Å². The Labute approximate surface area is 196 Å². The molecule has 0 saturated carbocycles. The van der Waals surface area contributed by atoms with Gasteiger partial charge in [0, 0.05) is 25.9 Å². The first-order valence-corrected chi connectivity index (χ1v) is 12.1. The van der Waals surface area contributed by atoms with E-state index in [4.69, 9.17) is 0 Å². The number of fused-ring (bicyclic) bond motifs is 6. The van der Waals surface area contributed by atoms with E-state index in [9.17, 15) is 0 Å². The molecule has 7 rings (SSSR count). The predicted molar refractivity (Wildman–Crippen MR) is 147 cm³/mol. The predicted octanol–water partition coefficient (Wildman–Crippen LogP) is 7.08. The van der Waals surface area contributed by atoms with Crippen LogP contribution < -0.4 is 5.46 Å². The Morgan fingerprint density at radius 1 is 0.606 bits per heavy atom. The van der Waals surface area contributed by atoms with E-state index in [0.717, 1.165) is 0 Å². The average Bonchev–Trinajstić information content (AvgIpc) is 3.41. The number of para-hydroxylation sites is 2. The summed E-state index contributed by atoms with van der Waals surface area (Å²) in [6, 6.07) is 39.7. The Balaban J connectivity index is 1.55. The maximum atomic E-state index is 2.38. The number of nitrogens with zero attached hydrogens (tertiary/aromatic N) is 1. The second kappa shape index (κ2) is 7.09. The van der Waals surface area contributed by atoms with E-state index in [0.29, 0.717) is 0 Å². The maximum absolute atomic E-state index is 2.38. The van der Waals surface area contributed by atoms with Gasteiger partial charge in [-0.05, 0) is 58.3 Å². The second-order valence-corrected chi connectivity index (χ2v) is 9.70. The van der Waals surface area contributed by atoms with Crippen LogP contribution in [0.25, 0.3) is 58.8 Å². The van der Waals surface area contributed by atoms with Crippen LogP contribution in [0.2, 0.25) is 0 Å². The van der Waals surface area contributed by atoms with Crippen molar-refractivity contribution >= 4 is 66.6 Å². The van der Waals surface area contributed by atoms with Gasteiger partial charge in [0.1, 0.15) is 7.85 Å². The van der Waals surface area contributed by atoms with E-state index in [1.807, 2.05) is 11.3 Å². The van der Waals surface area contributed by atoms with Gasteiger partial charge in [0.25, 0.3) is 0 Å². The fourth-order valence-corrected chi connectivity index (χ4v) is 6.53. The van der Waals surface area contributed by atoms with Gasteiger partial charge in [-0.15, -0.1) is 11.3 Å². The lowest BCUT2D eigenvalue weighted by molar-refractivity contribution is 1.18. The topological polar surface area (TPSA) is 4.93 Å². The molecule has 0 N–H and O–H groups in total. The Hall–Kier alpha value is -3.82. The molecule has 154 valence electrons. The van der Waals surface area contributed by atoms with E-state index >= 15 is 0 Å². The summed E-state index contributed by atoms with van der Waals surface area (Å²) in [5.41, 5.74) is 7.61. The molecule has 0 amide bonds. The molecule has 7 aromatic rings. The van der Waals surface area contributed by atoms with Gasteiger partial charge in [-0.1, -0.05) is 78.3 Å². The van der Waals surface area contributed by atoms with Gasteiger partial charge >= 0.3 is 0 Å². The van der Waals surface area contributed by atoms with Crippen molar-refractivity contribution in [3.05, 3.63) is 109 Å². The van der Waals surface area contributed by atoms with Gasteiger partial charge in [-0.3, -0.25) is 0 Å². The number of aromatic nitrogens is 1. The second-order valence-electron chi connectivity index (χ2n) is 8.65. The molecular formula is C30H20BNS. The third kappa shape index (κ3) is 2.73. The third-order valence-corrected chi connectivity index (χ3v) is 7.94. The SMILES string of the molecule is Bc1ccc(-c2ccc3c(c2)c2ccccc2n3-c2ccccc2)c2sc3ccccc3c12. The minimum atomic E-state index is 1.19. The summed E-state index contributed by atoms with van der Waals surface area (Å²) < 4.78 is 5.10. The third-order valence-electron chi connectivity index (χ3n) is 6.73. The van der Waals surface area contributed by atoms with Gasteiger partial charge in [0.15, 0.2) is 0 Å². The lowest BCUT2D eigenvalue weighted by Crippen LogP contribution is -2.02. The van der Waals surface area contributed by atoms with Crippen LogP contribution in [0, 0.1) is 0 Å². The fourth-order valence-electron chi connectivity index (χ4n) is 5.22. The van der Waals surface area contributed by atoms with Crippen LogP contribution >= 0.6 is 11.3 Å². The van der Waals surface area contributed by atoms with Crippen molar-refractivity contribution in [1.82, 2.24) is 4.57 Å². The summed E-state index contributed by atoms with van der Waals surface area (Å²) in [6.45, 7) is 0. The lowest BCUT2D eigenvalue weighted by atomic mass is 9.88.